The standard InChI is InChI=1S/C12H15ClN2O3/c1-7(12(17)18)14(2)11(16)10-5-8(13)6-15(10)9-3-4-9/h5-7,9H,3-4H2,1-2H3,(H,17,18). The zero-order valence-electron chi connectivity index (χ0n) is 10.3. The lowest BCUT2D eigenvalue weighted by Gasteiger charge is -2.22. The van der Waals surface area contributed by atoms with Gasteiger partial charge in [0.1, 0.15) is 11.7 Å². The van der Waals surface area contributed by atoms with Crippen molar-refractivity contribution < 1.29 is 14.7 Å². The number of likely N-dealkylation sites (N-methyl/N-ethyl adjacent to an activating group) is 1. The van der Waals surface area contributed by atoms with Crippen molar-refractivity contribution in [2.24, 2.45) is 0 Å². The summed E-state index contributed by atoms with van der Waals surface area (Å²) in [6.07, 6.45) is 3.79. The van der Waals surface area contributed by atoms with Gasteiger partial charge in [-0.05, 0) is 25.8 Å². The fourth-order valence-corrected chi connectivity index (χ4v) is 2.00. The molecule has 1 unspecified atom stereocenters. The van der Waals surface area contributed by atoms with Crippen molar-refractivity contribution in [1.82, 2.24) is 9.47 Å². The van der Waals surface area contributed by atoms with Gasteiger partial charge in [-0.1, -0.05) is 11.6 Å². The number of rotatable bonds is 4. The second-order valence-electron chi connectivity index (χ2n) is 4.61. The Bertz CT molecular complexity index is 494. The molecule has 0 radical (unpaired) electrons. The average molecular weight is 271 g/mol. The predicted molar refractivity (Wildman–Crippen MR) is 66.9 cm³/mol. The number of hydrogen-bond acceptors (Lipinski definition) is 2. The highest BCUT2D eigenvalue weighted by Gasteiger charge is 2.31. The number of halogens is 1. The van der Waals surface area contributed by atoms with Gasteiger partial charge < -0.3 is 14.6 Å². The largest absolute Gasteiger partial charge is 0.480 e. The fraction of sp³-hybridized carbons (Fsp3) is 0.500. The van der Waals surface area contributed by atoms with E-state index in [2.05, 4.69) is 0 Å². The van der Waals surface area contributed by atoms with Crippen LogP contribution in [0.5, 0.6) is 0 Å². The van der Waals surface area contributed by atoms with Crippen LogP contribution in [0.25, 0.3) is 0 Å². The number of aromatic nitrogens is 1. The molecule has 1 heterocycles. The molecule has 1 atom stereocenters. The van der Waals surface area contributed by atoms with Crippen LogP contribution in [0, 0.1) is 0 Å². The van der Waals surface area contributed by atoms with Crippen LogP contribution < -0.4 is 0 Å². The maximum atomic E-state index is 12.2. The Kier molecular flexibility index (Phi) is 3.34. The van der Waals surface area contributed by atoms with Crippen LogP contribution in [0.1, 0.15) is 36.3 Å². The number of amides is 1. The van der Waals surface area contributed by atoms with E-state index in [0.29, 0.717) is 16.8 Å². The molecule has 1 aromatic rings. The molecular formula is C12H15ClN2O3. The van der Waals surface area contributed by atoms with E-state index in [4.69, 9.17) is 16.7 Å². The molecule has 1 N–H and O–H groups in total. The van der Waals surface area contributed by atoms with E-state index in [0.717, 1.165) is 12.8 Å². The molecule has 2 rings (SSSR count). The number of nitrogens with zero attached hydrogens (tertiary/aromatic N) is 2. The summed E-state index contributed by atoms with van der Waals surface area (Å²) in [5.41, 5.74) is 0.457. The van der Waals surface area contributed by atoms with Gasteiger partial charge in [0.15, 0.2) is 0 Å². The van der Waals surface area contributed by atoms with E-state index in [-0.39, 0.29) is 5.91 Å². The lowest BCUT2D eigenvalue weighted by Crippen LogP contribution is -2.40. The van der Waals surface area contributed by atoms with Gasteiger partial charge in [0.2, 0.25) is 0 Å². The molecule has 1 amide bonds. The fourth-order valence-electron chi connectivity index (χ4n) is 1.79. The molecule has 1 saturated carbocycles. The molecule has 0 spiro atoms. The minimum Gasteiger partial charge on any atom is -0.480 e. The van der Waals surface area contributed by atoms with Gasteiger partial charge in [0.05, 0.1) is 5.02 Å². The van der Waals surface area contributed by atoms with Crippen LogP contribution in [-0.4, -0.2) is 39.5 Å². The SMILES string of the molecule is CC(C(=O)O)N(C)C(=O)c1cc(Cl)cn1C1CC1. The van der Waals surface area contributed by atoms with Gasteiger partial charge in [-0.2, -0.15) is 0 Å². The average Bonchev–Trinajstić information content (AvgIpc) is 3.09. The van der Waals surface area contributed by atoms with E-state index in [1.807, 2.05) is 4.57 Å². The van der Waals surface area contributed by atoms with Crippen LogP contribution >= 0.6 is 11.6 Å². The van der Waals surface area contributed by atoms with Gasteiger partial charge >= 0.3 is 5.97 Å². The molecule has 6 heteroatoms. The molecule has 0 bridgehead atoms. The summed E-state index contributed by atoms with van der Waals surface area (Å²) in [5, 5.41) is 9.42. The Hall–Kier alpha value is -1.49. The quantitative estimate of drug-likeness (QED) is 0.910. The van der Waals surface area contributed by atoms with Crippen LogP contribution in [0.3, 0.4) is 0 Å². The molecule has 0 aromatic carbocycles. The zero-order valence-corrected chi connectivity index (χ0v) is 11.0. The monoisotopic (exact) mass is 270 g/mol. The molecule has 1 fully saturated rings. The van der Waals surface area contributed by atoms with Gasteiger partial charge in [0, 0.05) is 19.3 Å². The number of carbonyl (C=O) groups excluding carboxylic acids is 1. The first kappa shape index (κ1) is 13.0. The minimum atomic E-state index is -1.03. The number of carboxylic acid groups (broad SMARTS) is 1. The second kappa shape index (κ2) is 4.65. The van der Waals surface area contributed by atoms with Crippen molar-refractivity contribution in [1.29, 1.82) is 0 Å². The summed E-state index contributed by atoms with van der Waals surface area (Å²) in [6.45, 7) is 1.48. The smallest absolute Gasteiger partial charge is 0.326 e. The molecule has 0 saturated heterocycles. The molecular weight excluding hydrogens is 256 g/mol. The van der Waals surface area contributed by atoms with Crippen LogP contribution in [0.15, 0.2) is 12.3 Å². The number of carbonyl (C=O) groups is 2. The molecule has 1 aromatic heterocycles. The summed E-state index contributed by atoms with van der Waals surface area (Å²) in [7, 11) is 1.49. The third-order valence-corrected chi connectivity index (χ3v) is 3.44. The second-order valence-corrected chi connectivity index (χ2v) is 5.05. The Balaban J connectivity index is 2.25. The van der Waals surface area contributed by atoms with E-state index in [1.54, 1.807) is 12.3 Å². The molecule has 0 aliphatic heterocycles. The molecule has 1 aliphatic carbocycles. The topological polar surface area (TPSA) is 62.5 Å². The summed E-state index contributed by atoms with van der Waals surface area (Å²) >= 11 is 5.92. The van der Waals surface area contributed by atoms with Crippen molar-refractivity contribution in [3.63, 3.8) is 0 Å². The predicted octanol–water partition coefficient (Wildman–Crippen LogP) is 2.02. The highest BCUT2D eigenvalue weighted by atomic mass is 35.5. The maximum absolute atomic E-state index is 12.2. The summed E-state index contributed by atoms with van der Waals surface area (Å²) in [4.78, 5) is 24.3. The first-order valence-electron chi connectivity index (χ1n) is 5.79. The number of carboxylic acids is 1. The van der Waals surface area contributed by atoms with Crippen LogP contribution in [-0.2, 0) is 4.79 Å². The first-order valence-corrected chi connectivity index (χ1v) is 6.17. The summed E-state index contributed by atoms with van der Waals surface area (Å²) in [6, 6.07) is 1.05. The van der Waals surface area contributed by atoms with Gasteiger partial charge in [0.25, 0.3) is 5.91 Å². The van der Waals surface area contributed by atoms with Gasteiger partial charge in [-0.3, -0.25) is 4.79 Å². The first-order chi connectivity index (χ1) is 8.41. The third kappa shape index (κ3) is 2.36. The molecule has 1 aliphatic rings. The van der Waals surface area contributed by atoms with Gasteiger partial charge in [-0.25, -0.2) is 4.79 Å². The zero-order chi connectivity index (χ0) is 13.4. The van der Waals surface area contributed by atoms with E-state index in [9.17, 15) is 9.59 Å². The van der Waals surface area contributed by atoms with Gasteiger partial charge in [-0.15, -0.1) is 0 Å². The third-order valence-electron chi connectivity index (χ3n) is 3.23. The number of hydrogen-bond donors (Lipinski definition) is 1. The van der Waals surface area contributed by atoms with Crippen molar-refractivity contribution in [3.05, 3.63) is 23.0 Å². The van der Waals surface area contributed by atoms with Crippen molar-refractivity contribution in [2.45, 2.75) is 31.8 Å². The Morgan fingerprint density at radius 1 is 1.56 bits per heavy atom. The maximum Gasteiger partial charge on any atom is 0.326 e. The highest BCUT2D eigenvalue weighted by Crippen LogP contribution is 2.37. The van der Waals surface area contributed by atoms with Crippen LogP contribution in [0.2, 0.25) is 5.02 Å². The van der Waals surface area contributed by atoms with E-state index in [1.165, 1.54) is 18.9 Å². The van der Waals surface area contributed by atoms with Crippen molar-refractivity contribution >= 4 is 23.5 Å². The Morgan fingerprint density at radius 3 is 2.67 bits per heavy atom. The molecule has 18 heavy (non-hydrogen) atoms. The molecule has 5 nitrogen and oxygen atoms in total. The van der Waals surface area contributed by atoms with E-state index < -0.39 is 12.0 Å². The lowest BCUT2D eigenvalue weighted by atomic mass is 10.2. The molecule has 98 valence electrons. The van der Waals surface area contributed by atoms with E-state index >= 15 is 0 Å². The minimum absolute atomic E-state index is 0.316. The van der Waals surface area contributed by atoms with Crippen LogP contribution in [0.4, 0.5) is 0 Å². The summed E-state index contributed by atoms with van der Waals surface area (Å²) < 4.78 is 1.84. The summed E-state index contributed by atoms with van der Waals surface area (Å²) in [5.74, 6) is -1.34. The highest BCUT2D eigenvalue weighted by molar-refractivity contribution is 6.31. The lowest BCUT2D eigenvalue weighted by molar-refractivity contribution is -0.141. The Labute approximate surface area is 110 Å². The number of aliphatic carboxylic acids is 1. The normalized spacial score (nSPS) is 16.4. The van der Waals surface area contributed by atoms with Crippen molar-refractivity contribution in [3.8, 4) is 0 Å². The Morgan fingerprint density at radius 2 is 2.17 bits per heavy atom. The van der Waals surface area contributed by atoms with Crippen molar-refractivity contribution in [2.75, 3.05) is 7.05 Å².